The summed E-state index contributed by atoms with van der Waals surface area (Å²) in [5.74, 6) is 0.238. The van der Waals surface area contributed by atoms with Crippen LogP contribution in [0.3, 0.4) is 0 Å². The van der Waals surface area contributed by atoms with E-state index in [1.807, 2.05) is 36.5 Å². The number of nitrogens with zero attached hydrogens (tertiary/aromatic N) is 1. The molecule has 0 amide bonds. The van der Waals surface area contributed by atoms with Gasteiger partial charge in [0.25, 0.3) is 0 Å². The van der Waals surface area contributed by atoms with Crippen molar-refractivity contribution >= 4 is 27.2 Å². The van der Waals surface area contributed by atoms with Gasteiger partial charge in [-0.15, -0.1) is 11.3 Å². The predicted octanol–water partition coefficient (Wildman–Crippen LogP) is 3.04. The van der Waals surface area contributed by atoms with Crippen molar-refractivity contribution in [1.82, 2.24) is 4.90 Å². The van der Waals surface area contributed by atoms with Gasteiger partial charge in [0.15, 0.2) is 5.78 Å². The van der Waals surface area contributed by atoms with E-state index in [0.717, 1.165) is 16.8 Å². The van der Waals surface area contributed by atoms with Crippen LogP contribution in [-0.2, 0) is 0 Å². The molecular formula is C13H15NOS. The van der Waals surface area contributed by atoms with Gasteiger partial charge in [0.05, 0.1) is 0 Å². The van der Waals surface area contributed by atoms with Crippen LogP contribution >= 0.6 is 11.3 Å². The summed E-state index contributed by atoms with van der Waals surface area (Å²) in [6.07, 6.45) is 0.587. The van der Waals surface area contributed by atoms with Gasteiger partial charge in [-0.2, -0.15) is 0 Å². The number of carbonyl (C=O) groups is 1. The molecule has 0 aliphatic rings. The summed E-state index contributed by atoms with van der Waals surface area (Å²) in [4.78, 5) is 14.1. The van der Waals surface area contributed by atoms with Crippen LogP contribution in [0.5, 0.6) is 0 Å². The summed E-state index contributed by atoms with van der Waals surface area (Å²) in [5, 5.41) is 3.20. The van der Waals surface area contributed by atoms with Crippen molar-refractivity contribution in [3.8, 4) is 0 Å². The van der Waals surface area contributed by atoms with Crippen molar-refractivity contribution in [2.24, 2.45) is 0 Å². The number of carbonyl (C=O) groups excluding carboxylic acids is 1. The first-order chi connectivity index (χ1) is 7.68. The first kappa shape index (κ1) is 11.3. The van der Waals surface area contributed by atoms with Crippen LogP contribution in [0.2, 0.25) is 0 Å². The standard InChI is InChI=1S/C13H15NOS/c1-14(2)8-6-12(15)11-5-3-4-10-7-9-16-13(10)11/h3-5,7,9H,6,8H2,1-2H3. The molecule has 2 rings (SSSR count). The molecule has 0 fully saturated rings. The average Bonchev–Trinajstić information content (AvgIpc) is 2.73. The third-order valence-electron chi connectivity index (χ3n) is 2.57. The Morgan fingerprint density at radius 2 is 2.12 bits per heavy atom. The van der Waals surface area contributed by atoms with Crippen LogP contribution in [0, 0.1) is 0 Å². The molecule has 0 aliphatic heterocycles. The maximum absolute atomic E-state index is 12.0. The van der Waals surface area contributed by atoms with E-state index < -0.39 is 0 Å². The van der Waals surface area contributed by atoms with Gasteiger partial charge in [-0.3, -0.25) is 4.79 Å². The van der Waals surface area contributed by atoms with E-state index >= 15 is 0 Å². The van der Waals surface area contributed by atoms with Gasteiger partial charge in [-0.1, -0.05) is 12.1 Å². The molecule has 0 bridgehead atoms. The number of fused-ring (bicyclic) bond motifs is 1. The molecule has 0 spiro atoms. The quantitative estimate of drug-likeness (QED) is 0.756. The van der Waals surface area contributed by atoms with Crippen molar-refractivity contribution in [3.05, 3.63) is 35.2 Å². The molecular weight excluding hydrogens is 218 g/mol. The van der Waals surface area contributed by atoms with Crippen LogP contribution in [0.25, 0.3) is 10.1 Å². The molecule has 0 saturated heterocycles. The van der Waals surface area contributed by atoms with Crippen molar-refractivity contribution in [1.29, 1.82) is 0 Å². The number of thiophene rings is 1. The highest BCUT2D eigenvalue weighted by Gasteiger charge is 2.10. The van der Waals surface area contributed by atoms with Gasteiger partial charge in [-0.05, 0) is 37.0 Å². The maximum Gasteiger partial charge on any atom is 0.165 e. The van der Waals surface area contributed by atoms with Gasteiger partial charge in [-0.25, -0.2) is 0 Å². The third-order valence-corrected chi connectivity index (χ3v) is 3.53. The van der Waals surface area contributed by atoms with Gasteiger partial charge >= 0.3 is 0 Å². The van der Waals surface area contributed by atoms with Crippen LogP contribution < -0.4 is 0 Å². The Balaban J connectivity index is 2.25. The molecule has 0 atom stereocenters. The van der Waals surface area contributed by atoms with E-state index in [9.17, 15) is 4.79 Å². The summed E-state index contributed by atoms with van der Waals surface area (Å²) in [7, 11) is 3.97. The Kier molecular flexibility index (Phi) is 3.36. The molecule has 2 aromatic rings. The SMILES string of the molecule is CN(C)CCC(=O)c1cccc2ccsc12. The smallest absolute Gasteiger partial charge is 0.165 e. The highest BCUT2D eigenvalue weighted by Crippen LogP contribution is 2.25. The minimum atomic E-state index is 0.238. The van der Waals surface area contributed by atoms with Crippen molar-refractivity contribution in [2.45, 2.75) is 6.42 Å². The van der Waals surface area contributed by atoms with Crippen LogP contribution in [-0.4, -0.2) is 31.3 Å². The van der Waals surface area contributed by atoms with E-state index in [0.29, 0.717) is 6.42 Å². The second-order valence-corrected chi connectivity index (χ2v) is 5.04. The van der Waals surface area contributed by atoms with Crippen LogP contribution in [0.15, 0.2) is 29.6 Å². The molecule has 0 unspecified atom stereocenters. The Morgan fingerprint density at radius 3 is 2.88 bits per heavy atom. The van der Waals surface area contributed by atoms with E-state index in [1.165, 1.54) is 5.39 Å². The van der Waals surface area contributed by atoms with Crippen LogP contribution in [0.1, 0.15) is 16.8 Å². The monoisotopic (exact) mass is 233 g/mol. The summed E-state index contributed by atoms with van der Waals surface area (Å²) < 4.78 is 1.12. The fourth-order valence-electron chi connectivity index (χ4n) is 1.67. The molecule has 0 N–H and O–H groups in total. The molecule has 2 nitrogen and oxygen atoms in total. The topological polar surface area (TPSA) is 20.3 Å². The summed E-state index contributed by atoms with van der Waals surface area (Å²) >= 11 is 1.64. The fraction of sp³-hybridized carbons (Fsp3) is 0.308. The van der Waals surface area contributed by atoms with Gasteiger partial charge < -0.3 is 4.90 Å². The molecule has 1 heterocycles. The molecule has 1 aromatic carbocycles. The lowest BCUT2D eigenvalue weighted by atomic mass is 10.1. The lowest BCUT2D eigenvalue weighted by Gasteiger charge is -2.08. The molecule has 1 aromatic heterocycles. The lowest BCUT2D eigenvalue weighted by Crippen LogP contribution is -2.16. The van der Waals surface area contributed by atoms with E-state index in [4.69, 9.17) is 0 Å². The Bertz CT molecular complexity index is 501. The highest BCUT2D eigenvalue weighted by atomic mass is 32.1. The van der Waals surface area contributed by atoms with Crippen molar-refractivity contribution in [2.75, 3.05) is 20.6 Å². The zero-order chi connectivity index (χ0) is 11.5. The Labute approximate surface area is 99.5 Å². The number of benzene rings is 1. The molecule has 0 aliphatic carbocycles. The first-order valence-corrected chi connectivity index (χ1v) is 6.20. The first-order valence-electron chi connectivity index (χ1n) is 5.32. The largest absolute Gasteiger partial charge is 0.309 e. The Hall–Kier alpha value is -1.19. The average molecular weight is 233 g/mol. The Morgan fingerprint density at radius 1 is 1.31 bits per heavy atom. The van der Waals surface area contributed by atoms with Gasteiger partial charge in [0, 0.05) is 23.2 Å². The number of Topliss-reactive ketones (excluding diaryl/α,β-unsaturated/α-hetero) is 1. The third kappa shape index (κ3) is 2.31. The van der Waals surface area contributed by atoms with Crippen molar-refractivity contribution < 1.29 is 4.79 Å². The van der Waals surface area contributed by atoms with Gasteiger partial charge in [0.2, 0.25) is 0 Å². The summed E-state index contributed by atoms with van der Waals surface area (Å²) in [6, 6.07) is 7.99. The normalized spacial score (nSPS) is 11.2. The van der Waals surface area contributed by atoms with Crippen LogP contribution in [0.4, 0.5) is 0 Å². The lowest BCUT2D eigenvalue weighted by molar-refractivity contribution is 0.0974. The van der Waals surface area contributed by atoms with Crippen molar-refractivity contribution in [3.63, 3.8) is 0 Å². The predicted molar refractivity (Wildman–Crippen MR) is 69.3 cm³/mol. The summed E-state index contributed by atoms with van der Waals surface area (Å²) in [6.45, 7) is 0.806. The zero-order valence-corrected chi connectivity index (χ0v) is 10.4. The second-order valence-electron chi connectivity index (χ2n) is 4.12. The number of rotatable bonds is 4. The van der Waals surface area contributed by atoms with E-state index in [2.05, 4.69) is 12.1 Å². The molecule has 84 valence electrons. The maximum atomic E-state index is 12.0. The fourth-order valence-corrected chi connectivity index (χ4v) is 2.60. The number of hydrogen-bond acceptors (Lipinski definition) is 3. The number of hydrogen-bond donors (Lipinski definition) is 0. The molecule has 0 radical (unpaired) electrons. The van der Waals surface area contributed by atoms with Gasteiger partial charge in [0.1, 0.15) is 0 Å². The minimum Gasteiger partial charge on any atom is -0.309 e. The summed E-state index contributed by atoms with van der Waals surface area (Å²) in [5.41, 5.74) is 0.870. The minimum absolute atomic E-state index is 0.238. The molecule has 3 heteroatoms. The zero-order valence-electron chi connectivity index (χ0n) is 9.56. The number of ketones is 1. The molecule has 0 saturated carbocycles. The van der Waals surface area contributed by atoms with E-state index in [1.54, 1.807) is 11.3 Å². The highest BCUT2D eigenvalue weighted by molar-refractivity contribution is 7.17. The van der Waals surface area contributed by atoms with E-state index in [-0.39, 0.29) is 5.78 Å². The molecule has 16 heavy (non-hydrogen) atoms. The second kappa shape index (κ2) is 4.76.